The van der Waals surface area contributed by atoms with Crippen molar-refractivity contribution in [3.05, 3.63) is 29.6 Å². The van der Waals surface area contributed by atoms with Crippen molar-refractivity contribution in [2.75, 3.05) is 13.7 Å². The highest BCUT2D eigenvalue weighted by Gasteiger charge is 2.22. The minimum atomic E-state index is -1.32. The predicted molar refractivity (Wildman–Crippen MR) is 80.8 cm³/mol. The number of aromatic nitrogens is 1. The third-order valence-electron chi connectivity index (χ3n) is 2.73. The zero-order valence-corrected chi connectivity index (χ0v) is 13.6. The smallest absolute Gasteiger partial charge is 0.407 e. The molecule has 23 heavy (non-hydrogen) atoms. The SMILES string of the molecule is COC(=O)c1ccc(C(O)C(O)CNC(=O)OC(C)(C)C)nc1. The van der Waals surface area contributed by atoms with Crippen LogP contribution in [0, 0.1) is 0 Å². The minimum Gasteiger partial charge on any atom is -0.465 e. The molecule has 2 unspecified atom stereocenters. The summed E-state index contributed by atoms with van der Waals surface area (Å²) < 4.78 is 9.55. The maximum atomic E-state index is 11.5. The van der Waals surface area contributed by atoms with Crippen LogP contribution in [0.2, 0.25) is 0 Å². The summed E-state index contributed by atoms with van der Waals surface area (Å²) in [4.78, 5) is 26.7. The summed E-state index contributed by atoms with van der Waals surface area (Å²) in [6.45, 7) is 4.93. The van der Waals surface area contributed by atoms with E-state index in [1.165, 1.54) is 25.4 Å². The minimum absolute atomic E-state index is 0.163. The number of nitrogens with zero attached hydrogens (tertiary/aromatic N) is 1. The summed E-state index contributed by atoms with van der Waals surface area (Å²) in [7, 11) is 1.25. The number of esters is 1. The molecule has 0 aliphatic carbocycles. The largest absolute Gasteiger partial charge is 0.465 e. The van der Waals surface area contributed by atoms with Gasteiger partial charge in [0.05, 0.1) is 18.4 Å². The number of amides is 1. The Hall–Kier alpha value is -2.19. The second-order valence-corrected chi connectivity index (χ2v) is 5.86. The van der Waals surface area contributed by atoms with Gasteiger partial charge in [0.15, 0.2) is 0 Å². The summed E-state index contributed by atoms with van der Waals surface area (Å²) in [5.41, 5.74) is -0.264. The van der Waals surface area contributed by atoms with Gasteiger partial charge < -0.3 is 25.0 Å². The van der Waals surface area contributed by atoms with Crippen LogP contribution in [0.15, 0.2) is 18.3 Å². The standard InChI is InChI=1S/C15H22N2O6/c1-15(2,3)23-14(21)17-8-11(18)12(19)10-6-5-9(7-16-10)13(20)22-4/h5-7,11-12,18-19H,8H2,1-4H3,(H,17,21). The molecule has 0 fully saturated rings. The van der Waals surface area contributed by atoms with Crippen molar-refractivity contribution in [3.63, 3.8) is 0 Å². The summed E-state index contributed by atoms with van der Waals surface area (Å²) in [6, 6.07) is 2.82. The Balaban J connectivity index is 2.58. The van der Waals surface area contributed by atoms with Crippen molar-refractivity contribution in [3.8, 4) is 0 Å². The molecule has 0 aliphatic heterocycles. The molecule has 0 aromatic carbocycles. The third-order valence-corrected chi connectivity index (χ3v) is 2.73. The molecular weight excluding hydrogens is 304 g/mol. The number of ether oxygens (including phenoxy) is 2. The van der Waals surface area contributed by atoms with Gasteiger partial charge >= 0.3 is 12.1 Å². The topological polar surface area (TPSA) is 118 Å². The van der Waals surface area contributed by atoms with E-state index in [-0.39, 0.29) is 17.8 Å². The molecule has 0 saturated heterocycles. The van der Waals surface area contributed by atoms with E-state index in [9.17, 15) is 19.8 Å². The molecule has 2 atom stereocenters. The molecule has 1 rings (SSSR count). The molecule has 0 spiro atoms. The molecule has 8 nitrogen and oxygen atoms in total. The lowest BCUT2D eigenvalue weighted by atomic mass is 10.1. The third kappa shape index (κ3) is 6.21. The highest BCUT2D eigenvalue weighted by Crippen LogP contribution is 2.15. The van der Waals surface area contributed by atoms with Crippen LogP contribution in [0.5, 0.6) is 0 Å². The van der Waals surface area contributed by atoms with Crippen LogP contribution in [0.3, 0.4) is 0 Å². The fourth-order valence-corrected chi connectivity index (χ4v) is 1.63. The van der Waals surface area contributed by atoms with E-state index in [4.69, 9.17) is 4.74 Å². The van der Waals surface area contributed by atoms with Crippen LogP contribution in [-0.2, 0) is 9.47 Å². The van der Waals surface area contributed by atoms with Crippen molar-refractivity contribution >= 4 is 12.1 Å². The lowest BCUT2D eigenvalue weighted by Gasteiger charge is -2.22. The monoisotopic (exact) mass is 326 g/mol. The Morgan fingerprint density at radius 2 is 1.96 bits per heavy atom. The normalized spacial score (nSPS) is 13.8. The van der Waals surface area contributed by atoms with Gasteiger partial charge in [0.25, 0.3) is 0 Å². The van der Waals surface area contributed by atoms with Crippen LogP contribution in [0.25, 0.3) is 0 Å². The van der Waals surface area contributed by atoms with Crippen LogP contribution in [0.4, 0.5) is 4.79 Å². The first-order valence-electron chi connectivity index (χ1n) is 7.01. The first-order valence-corrected chi connectivity index (χ1v) is 7.01. The summed E-state index contributed by atoms with van der Waals surface area (Å²) in [5.74, 6) is -0.550. The second-order valence-electron chi connectivity index (χ2n) is 5.86. The van der Waals surface area contributed by atoms with E-state index in [1.807, 2.05) is 0 Å². The first-order chi connectivity index (χ1) is 10.6. The van der Waals surface area contributed by atoms with E-state index in [2.05, 4.69) is 15.0 Å². The Bertz CT molecular complexity index is 538. The van der Waals surface area contributed by atoms with Gasteiger partial charge in [-0.1, -0.05) is 0 Å². The first kappa shape index (κ1) is 18.9. The van der Waals surface area contributed by atoms with Gasteiger partial charge in [0.1, 0.15) is 17.8 Å². The lowest BCUT2D eigenvalue weighted by molar-refractivity contribution is 0.0108. The van der Waals surface area contributed by atoms with E-state index < -0.39 is 29.9 Å². The molecule has 0 aliphatic rings. The fourth-order valence-electron chi connectivity index (χ4n) is 1.63. The number of nitrogens with one attached hydrogen (secondary N) is 1. The number of hydrogen-bond acceptors (Lipinski definition) is 7. The van der Waals surface area contributed by atoms with Crippen LogP contribution in [-0.4, -0.2) is 52.6 Å². The van der Waals surface area contributed by atoms with E-state index in [0.29, 0.717) is 0 Å². The molecule has 1 aromatic rings. The summed E-state index contributed by atoms with van der Waals surface area (Å²) in [5, 5.41) is 22.2. The molecular formula is C15H22N2O6. The molecule has 0 radical (unpaired) electrons. The predicted octanol–water partition coefficient (Wildman–Crippen LogP) is 0.787. The molecule has 0 saturated carbocycles. The molecule has 0 bridgehead atoms. The average molecular weight is 326 g/mol. The molecule has 8 heteroatoms. The maximum Gasteiger partial charge on any atom is 0.407 e. The van der Waals surface area contributed by atoms with Gasteiger partial charge in [-0.15, -0.1) is 0 Å². The average Bonchev–Trinajstić information content (AvgIpc) is 2.49. The van der Waals surface area contributed by atoms with Gasteiger partial charge in [-0.05, 0) is 32.9 Å². The molecule has 1 heterocycles. The fraction of sp³-hybridized carbons (Fsp3) is 0.533. The maximum absolute atomic E-state index is 11.5. The van der Waals surface area contributed by atoms with Crippen molar-refractivity contribution in [2.24, 2.45) is 0 Å². The molecule has 1 aromatic heterocycles. The summed E-state index contributed by atoms with van der Waals surface area (Å²) in [6.07, 6.45) is -2.06. The number of pyridine rings is 1. The number of alkyl carbamates (subject to hydrolysis) is 1. The number of methoxy groups -OCH3 is 1. The Morgan fingerprint density at radius 3 is 2.43 bits per heavy atom. The van der Waals surface area contributed by atoms with Crippen LogP contribution >= 0.6 is 0 Å². The molecule has 1 amide bonds. The van der Waals surface area contributed by atoms with Crippen LogP contribution in [0.1, 0.15) is 42.9 Å². The zero-order chi connectivity index (χ0) is 17.6. The Kier molecular flexibility index (Phi) is 6.47. The van der Waals surface area contributed by atoms with E-state index in [0.717, 1.165) is 0 Å². The number of aliphatic hydroxyl groups is 2. The van der Waals surface area contributed by atoms with E-state index in [1.54, 1.807) is 20.8 Å². The van der Waals surface area contributed by atoms with Crippen molar-refractivity contribution in [2.45, 2.75) is 38.6 Å². The quantitative estimate of drug-likeness (QED) is 0.684. The van der Waals surface area contributed by atoms with Gasteiger partial charge in [0.2, 0.25) is 0 Å². The number of rotatable bonds is 5. The Labute approximate surface area is 134 Å². The Morgan fingerprint density at radius 1 is 1.30 bits per heavy atom. The van der Waals surface area contributed by atoms with E-state index >= 15 is 0 Å². The number of aliphatic hydroxyl groups excluding tert-OH is 2. The molecule has 3 N–H and O–H groups in total. The molecule has 128 valence electrons. The number of hydrogen-bond donors (Lipinski definition) is 3. The van der Waals surface area contributed by atoms with Crippen molar-refractivity contribution in [1.82, 2.24) is 10.3 Å². The van der Waals surface area contributed by atoms with Crippen molar-refractivity contribution < 1.29 is 29.3 Å². The number of carbonyl (C=O) groups is 2. The van der Waals surface area contributed by atoms with Gasteiger partial charge in [-0.3, -0.25) is 4.98 Å². The highest BCUT2D eigenvalue weighted by atomic mass is 16.6. The van der Waals surface area contributed by atoms with Gasteiger partial charge in [-0.2, -0.15) is 0 Å². The van der Waals surface area contributed by atoms with Crippen molar-refractivity contribution in [1.29, 1.82) is 0 Å². The van der Waals surface area contributed by atoms with Crippen LogP contribution < -0.4 is 5.32 Å². The van der Waals surface area contributed by atoms with Gasteiger partial charge in [-0.25, -0.2) is 9.59 Å². The lowest BCUT2D eigenvalue weighted by Crippen LogP contribution is -2.39. The second kappa shape index (κ2) is 7.89. The summed E-state index contributed by atoms with van der Waals surface area (Å²) >= 11 is 0. The zero-order valence-electron chi connectivity index (χ0n) is 13.6. The van der Waals surface area contributed by atoms with Gasteiger partial charge in [0, 0.05) is 12.7 Å². The number of carbonyl (C=O) groups excluding carboxylic acids is 2. The highest BCUT2D eigenvalue weighted by molar-refractivity contribution is 5.88.